The van der Waals surface area contributed by atoms with Crippen molar-refractivity contribution in [2.45, 2.75) is 32.6 Å². The van der Waals surface area contributed by atoms with Gasteiger partial charge in [-0.15, -0.1) is 11.3 Å². The smallest absolute Gasteiger partial charge is 0.138 e. The first-order valence-corrected chi connectivity index (χ1v) is 9.92. The van der Waals surface area contributed by atoms with Crippen LogP contribution in [0.25, 0.3) is 10.2 Å². The van der Waals surface area contributed by atoms with E-state index in [0.29, 0.717) is 0 Å². The fourth-order valence-corrected chi connectivity index (χ4v) is 5.09. The van der Waals surface area contributed by atoms with Gasteiger partial charge in [0, 0.05) is 24.5 Å². The molecule has 1 N–H and O–H groups in total. The van der Waals surface area contributed by atoms with E-state index in [1.807, 2.05) is 11.3 Å². The molecule has 6 heteroatoms. The lowest BCUT2D eigenvalue weighted by Crippen LogP contribution is -2.37. The average molecular weight is 347 g/mol. The van der Waals surface area contributed by atoms with Gasteiger partial charge in [-0.2, -0.15) is 0 Å². The summed E-state index contributed by atoms with van der Waals surface area (Å²) >= 11 is 1.87. The molecule has 0 bridgehead atoms. The highest BCUT2D eigenvalue weighted by molar-refractivity contribution is 7.19. The molecule has 5 nitrogen and oxygen atoms in total. The Morgan fingerprint density at radius 1 is 1.33 bits per heavy atom. The normalized spacial score (nSPS) is 21.8. The third-order valence-electron chi connectivity index (χ3n) is 5.14. The number of hydrogen-bond acceptors (Lipinski definition) is 6. The molecule has 1 aliphatic heterocycles. The summed E-state index contributed by atoms with van der Waals surface area (Å²) in [5.41, 5.74) is 1.50. The van der Waals surface area contributed by atoms with Crippen molar-refractivity contribution in [3.8, 4) is 0 Å². The van der Waals surface area contributed by atoms with Crippen molar-refractivity contribution in [2.75, 3.05) is 44.7 Å². The van der Waals surface area contributed by atoms with Crippen LogP contribution in [0.1, 0.15) is 30.2 Å². The van der Waals surface area contributed by atoms with Crippen LogP contribution in [-0.2, 0) is 17.6 Å². The Labute approximate surface area is 147 Å². The lowest BCUT2D eigenvalue weighted by Gasteiger charge is -2.26. The molecule has 0 unspecified atom stereocenters. The summed E-state index contributed by atoms with van der Waals surface area (Å²) in [7, 11) is 0. The van der Waals surface area contributed by atoms with Gasteiger partial charge in [-0.25, -0.2) is 9.97 Å². The van der Waals surface area contributed by atoms with Crippen molar-refractivity contribution in [1.29, 1.82) is 0 Å². The van der Waals surface area contributed by atoms with E-state index in [-0.39, 0.29) is 0 Å². The largest absolute Gasteiger partial charge is 0.379 e. The third-order valence-corrected chi connectivity index (χ3v) is 6.30. The number of ether oxygens (including phenoxy) is 1. The van der Waals surface area contributed by atoms with Gasteiger partial charge < -0.3 is 10.1 Å². The SMILES string of the molecule is C[C@H]1CCc2c(sc3ncnc(NCCCN4CCOCC4)c23)C1. The van der Waals surface area contributed by atoms with E-state index in [0.717, 1.165) is 62.4 Å². The second-order valence-corrected chi connectivity index (χ2v) is 8.07. The van der Waals surface area contributed by atoms with Gasteiger partial charge in [-0.05, 0) is 43.7 Å². The van der Waals surface area contributed by atoms with Crippen molar-refractivity contribution in [1.82, 2.24) is 14.9 Å². The van der Waals surface area contributed by atoms with Crippen LogP contribution in [0.15, 0.2) is 6.33 Å². The van der Waals surface area contributed by atoms with E-state index in [9.17, 15) is 0 Å². The lowest BCUT2D eigenvalue weighted by atomic mass is 9.89. The average Bonchev–Trinajstić information content (AvgIpc) is 2.97. The van der Waals surface area contributed by atoms with Crippen molar-refractivity contribution >= 4 is 27.4 Å². The second kappa shape index (κ2) is 7.33. The Hall–Kier alpha value is -1.24. The molecule has 130 valence electrons. The number of morpholine rings is 1. The Kier molecular flexibility index (Phi) is 4.96. The molecule has 3 heterocycles. The maximum atomic E-state index is 5.40. The highest BCUT2D eigenvalue weighted by Gasteiger charge is 2.22. The van der Waals surface area contributed by atoms with E-state index < -0.39 is 0 Å². The molecule has 0 amide bonds. The summed E-state index contributed by atoms with van der Waals surface area (Å²) in [6.07, 6.45) is 6.50. The van der Waals surface area contributed by atoms with Crippen LogP contribution >= 0.6 is 11.3 Å². The van der Waals surface area contributed by atoms with E-state index in [1.54, 1.807) is 6.33 Å². The maximum absolute atomic E-state index is 5.40. The van der Waals surface area contributed by atoms with Crippen molar-refractivity contribution < 1.29 is 4.74 Å². The van der Waals surface area contributed by atoms with Gasteiger partial charge in [0.05, 0.1) is 18.6 Å². The number of anilines is 1. The number of nitrogens with zero attached hydrogens (tertiary/aromatic N) is 3. The Morgan fingerprint density at radius 3 is 3.08 bits per heavy atom. The molecule has 0 spiro atoms. The minimum atomic E-state index is 0.795. The maximum Gasteiger partial charge on any atom is 0.138 e. The molecule has 1 aliphatic carbocycles. The van der Waals surface area contributed by atoms with Gasteiger partial charge in [0.25, 0.3) is 0 Å². The molecule has 4 rings (SSSR count). The Balaban J connectivity index is 1.42. The zero-order valence-corrected chi connectivity index (χ0v) is 15.2. The van der Waals surface area contributed by atoms with Crippen molar-refractivity contribution in [3.63, 3.8) is 0 Å². The number of aryl methyl sites for hydroxylation is 1. The first kappa shape index (κ1) is 16.2. The van der Waals surface area contributed by atoms with E-state index in [4.69, 9.17) is 4.74 Å². The Bertz CT molecular complexity index is 696. The molecule has 0 saturated carbocycles. The molecule has 1 fully saturated rings. The van der Waals surface area contributed by atoms with Crippen molar-refractivity contribution in [3.05, 3.63) is 16.8 Å². The third kappa shape index (κ3) is 3.41. The molecule has 0 aromatic carbocycles. The van der Waals surface area contributed by atoms with E-state index >= 15 is 0 Å². The topological polar surface area (TPSA) is 50.3 Å². The quantitative estimate of drug-likeness (QED) is 0.844. The van der Waals surface area contributed by atoms with Crippen LogP contribution < -0.4 is 5.32 Å². The van der Waals surface area contributed by atoms with E-state index in [2.05, 4.69) is 27.1 Å². The minimum Gasteiger partial charge on any atom is -0.379 e. The highest BCUT2D eigenvalue weighted by Crippen LogP contribution is 2.39. The van der Waals surface area contributed by atoms with Crippen molar-refractivity contribution in [2.24, 2.45) is 5.92 Å². The number of rotatable bonds is 5. The molecule has 2 aromatic rings. The number of hydrogen-bond donors (Lipinski definition) is 1. The summed E-state index contributed by atoms with van der Waals surface area (Å²) < 4.78 is 5.40. The van der Waals surface area contributed by atoms with Gasteiger partial charge in [0.2, 0.25) is 0 Å². The van der Waals surface area contributed by atoms with Crippen LogP contribution in [0.2, 0.25) is 0 Å². The minimum absolute atomic E-state index is 0.795. The fraction of sp³-hybridized carbons (Fsp3) is 0.667. The van der Waals surface area contributed by atoms with E-state index in [1.165, 1.54) is 35.1 Å². The number of fused-ring (bicyclic) bond motifs is 3. The molecule has 2 aromatic heterocycles. The Morgan fingerprint density at radius 2 is 2.21 bits per heavy atom. The molecule has 1 atom stereocenters. The zero-order chi connectivity index (χ0) is 16.4. The first-order chi connectivity index (χ1) is 11.8. The van der Waals surface area contributed by atoms with Crippen LogP contribution in [0.4, 0.5) is 5.82 Å². The molecular formula is C18H26N4OS. The summed E-state index contributed by atoms with van der Waals surface area (Å²) in [6, 6.07) is 0. The zero-order valence-electron chi connectivity index (χ0n) is 14.4. The summed E-state index contributed by atoms with van der Waals surface area (Å²) in [4.78, 5) is 14.2. The van der Waals surface area contributed by atoms with Crippen LogP contribution in [0.5, 0.6) is 0 Å². The van der Waals surface area contributed by atoms with Gasteiger partial charge in [0.1, 0.15) is 17.0 Å². The summed E-state index contributed by atoms with van der Waals surface area (Å²) in [5, 5.41) is 4.86. The van der Waals surface area contributed by atoms with Gasteiger partial charge in [-0.1, -0.05) is 6.92 Å². The molecule has 0 radical (unpaired) electrons. The predicted molar refractivity (Wildman–Crippen MR) is 99.0 cm³/mol. The van der Waals surface area contributed by atoms with Gasteiger partial charge in [0.15, 0.2) is 0 Å². The summed E-state index contributed by atoms with van der Waals surface area (Å²) in [5.74, 6) is 1.83. The van der Waals surface area contributed by atoms with Crippen LogP contribution in [0, 0.1) is 5.92 Å². The first-order valence-electron chi connectivity index (χ1n) is 9.10. The standard InChI is InChI=1S/C18H26N4OS/c1-13-3-4-14-15(11-13)24-18-16(14)17(20-12-21-18)19-5-2-6-22-7-9-23-10-8-22/h12-13H,2-11H2,1H3,(H,19,20,21)/t13-/m0/s1. The number of nitrogens with one attached hydrogen (secondary N) is 1. The molecule has 2 aliphatic rings. The lowest BCUT2D eigenvalue weighted by molar-refractivity contribution is 0.0378. The van der Waals surface area contributed by atoms with Crippen LogP contribution in [-0.4, -0.2) is 54.3 Å². The van der Waals surface area contributed by atoms with Gasteiger partial charge in [-0.3, -0.25) is 4.90 Å². The number of aromatic nitrogens is 2. The predicted octanol–water partition coefficient (Wildman–Crippen LogP) is 2.95. The molecule has 1 saturated heterocycles. The molecule has 24 heavy (non-hydrogen) atoms. The van der Waals surface area contributed by atoms with Crippen LogP contribution in [0.3, 0.4) is 0 Å². The van der Waals surface area contributed by atoms with Gasteiger partial charge >= 0.3 is 0 Å². The summed E-state index contributed by atoms with van der Waals surface area (Å²) in [6.45, 7) is 8.32. The molecular weight excluding hydrogens is 320 g/mol. The fourth-order valence-electron chi connectivity index (χ4n) is 3.74. The number of thiophene rings is 1. The highest BCUT2D eigenvalue weighted by atomic mass is 32.1. The monoisotopic (exact) mass is 346 g/mol. The second-order valence-electron chi connectivity index (χ2n) is 6.99.